The van der Waals surface area contributed by atoms with Gasteiger partial charge in [0.15, 0.2) is 0 Å². The van der Waals surface area contributed by atoms with Gasteiger partial charge < -0.3 is 25.8 Å². The van der Waals surface area contributed by atoms with Crippen LogP contribution in [0.25, 0.3) is 0 Å². The highest BCUT2D eigenvalue weighted by Crippen LogP contribution is 2.40. The number of sulfonamides is 1. The first-order chi connectivity index (χ1) is 25.5. The summed E-state index contributed by atoms with van der Waals surface area (Å²) >= 11 is 0. The van der Waals surface area contributed by atoms with Crippen molar-refractivity contribution in [2.75, 3.05) is 36.2 Å². The Bertz CT molecular complexity index is 2050. The normalized spacial score (nSPS) is 19.4. The van der Waals surface area contributed by atoms with E-state index in [9.17, 15) is 22.8 Å². The van der Waals surface area contributed by atoms with Crippen LogP contribution in [-0.2, 0) is 24.4 Å². The number of benzene rings is 4. The van der Waals surface area contributed by atoms with Gasteiger partial charge >= 0.3 is 0 Å². The molecule has 53 heavy (non-hydrogen) atoms. The van der Waals surface area contributed by atoms with Gasteiger partial charge in [-0.05, 0) is 98.5 Å². The van der Waals surface area contributed by atoms with Crippen LogP contribution in [0.5, 0.6) is 0 Å². The number of carbonyl (C=O) groups is 3. The molecular weight excluding hydrogens is 689 g/mol. The highest BCUT2D eigenvalue weighted by atomic mass is 32.2. The van der Waals surface area contributed by atoms with Crippen molar-refractivity contribution in [3.05, 3.63) is 108 Å². The van der Waals surface area contributed by atoms with Gasteiger partial charge in [-0.3, -0.25) is 19.1 Å². The number of amides is 3. The predicted molar refractivity (Wildman–Crippen MR) is 213 cm³/mol. The molecule has 0 aromatic heterocycles. The van der Waals surface area contributed by atoms with Crippen LogP contribution in [0, 0.1) is 0 Å². The smallest absolute Gasteiger partial charge is 0.233 e. The first kappa shape index (κ1) is 37.4. The maximum absolute atomic E-state index is 12.9. The van der Waals surface area contributed by atoms with E-state index in [0.29, 0.717) is 24.2 Å². The Morgan fingerprint density at radius 2 is 1.04 bits per heavy atom. The van der Waals surface area contributed by atoms with Gasteiger partial charge in [-0.2, -0.15) is 0 Å². The lowest BCUT2D eigenvalue weighted by Crippen LogP contribution is -2.44. The predicted octanol–water partition coefficient (Wildman–Crippen LogP) is 7.83. The third kappa shape index (κ3) is 8.65. The summed E-state index contributed by atoms with van der Waals surface area (Å²) < 4.78 is 28.4. The molecule has 11 nitrogen and oxygen atoms in total. The van der Waals surface area contributed by atoms with Crippen LogP contribution in [0.2, 0.25) is 0 Å². The molecule has 0 unspecified atom stereocenters. The van der Waals surface area contributed by atoms with Crippen LogP contribution in [0.3, 0.4) is 0 Å². The van der Waals surface area contributed by atoms with Gasteiger partial charge in [0.25, 0.3) is 0 Å². The number of para-hydroxylation sites is 2. The van der Waals surface area contributed by atoms with Crippen molar-refractivity contribution in [1.82, 2.24) is 0 Å². The maximum Gasteiger partial charge on any atom is 0.233 e. The van der Waals surface area contributed by atoms with E-state index in [4.69, 9.17) is 0 Å². The molecule has 0 bridgehead atoms. The number of fused-ring (bicyclic) bond motifs is 2. The minimum absolute atomic E-state index is 0.01000. The molecule has 3 amide bonds. The largest absolute Gasteiger partial charge is 0.378 e. The Morgan fingerprint density at radius 3 is 1.49 bits per heavy atom. The van der Waals surface area contributed by atoms with Crippen molar-refractivity contribution in [3.8, 4) is 0 Å². The molecule has 0 radical (unpaired) electrons. The summed E-state index contributed by atoms with van der Waals surface area (Å²) in [7, 11) is -3.79. The van der Waals surface area contributed by atoms with Gasteiger partial charge in [0.1, 0.15) is 0 Å². The van der Waals surface area contributed by atoms with Gasteiger partial charge in [-0.15, -0.1) is 0 Å². The Labute approximate surface area is 312 Å². The van der Waals surface area contributed by atoms with Crippen LogP contribution in [-0.4, -0.2) is 44.0 Å². The number of hydrogen-bond donors (Lipinski definition) is 4. The van der Waals surface area contributed by atoms with E-state index in [1.807, 2.05) is 96.4 Å². The Hall–Kier alpha value is -5.36. The summed E-state index contributed by atoms with van der Waals surface area (Å²) in [4.78, 5) is 41.8. The molecule has 4 aromatic rings. The van der Waals surface area contributed by atoms with Crippen molar-refractivity contribution < 1.29 is 22.8 Å². The molecule has 2 aliphatic rings. The highest BCUT2D eigenvalue weighted by Gasteiger charge is 2.34. The van der Waals surface area contributed by atoms with Gasteiger partial charge in [0.05, 0.1) is 17.8 Å². The number of nitrogens with one attached hydrogen (secondary N) is 4. The average Bonchev–Trinajstić information content (AvgIpc) is 3.15. The zero-order valence-electron chi connectivity index (χ0n) is 30.6. The van der Waals surface area contributed by atoms with Crippen molar-refractivity contribution >= 4 is 61.9 Å². The van der Waals surface area contributed by atoms with Crippen molar-refractivity contribution in [2.45, 2.75) is 84.0 Å². The fraction of sp³-hybridized carbons (Fsp3) is 0.341. The molecular formula is C41H48N6O5S. The Balaban J connectivity index is 0.996. The molecule has 0 saturated heterocycles. The molecule has 0 aliphatic carbocycles. The van der Waals surface area contributed by atoms with E-state index in [0.717, 1.165) is 46.7 Å². The van der Waals surface area contributed by atoms with Crippen LogP contribution < -0.4 is 30.5 Å². The monoisotopic (exact) mass is 736 g/mol. The Morgan fingerprint density at radius 1 is 0.623 bits per heavy atom. The van der Waals surface area contributed by atoms with E-state index >= 15 is 0 Å². The number of carbonyl (C=O) groups excluding carboxylic acids is 3. The van der Waals surface area contributed by atoms with Crippen LogP contribution >= 0.6 is 0 Å². The Kier molecular flexibility index (Phi) is 11.4. The number of rotatable bonds is 12. The molecule has 0 spiro atoms. The minimum atomic E-state index is -3.79. The number of hydrogen-bond acceptors (Lipinski definition) is 7. The highest BCUT2D eigenvalue weighted by molar-refractivity contribution is 7.92. The van der Waals surface area contributed by atoms with Gasteiger partial charge in [0, 0.05) is 65.5 Å². The van der Waals surface area contributed by atoms with Gasteiger partial charge in [-0.25, -0.2) is 8.42 Å². The van der Waals surface area contributed by atoms with E-state index in [2.05, 4.69) is 34.5 Å². The number of nitrogens with zero attached hydrogens (tertiary/aromatic N) is 2. The lowest BCUT2D eigenvalue weighted by Gasteiger charge is -2.40. The number of anilines is 6. The molecule has 2 aliphatic heterocycles. The van der Waals surface area contributed by atoms with E-state index in [1.165, 1.54) is 0 Å². The van der Waals surface area contributed by atoms with E-state index in [-0.39, 0.29) is 48.2 Å². The molecule has 4 atom stereocenters. The topological polar surface area (TPSA) is 140 Å². The van der Waals surface area contributed by atoms with Crippen molar-refractivity contribution in [1.29, 1.82) is 0 Å². The first-order valence-electron chi connectivity index (χ1n) is 18.3. The maximum atomic E-state index is 12.9. The molecule has 0 fully saturated rings. The zero-order valence-corrected chi connectivity index (χ0v) is 31.5. The first-order valence-corrected chi connectivity index (χ1v) is 20.0. The summed E-state index contributed by atoms with van der Waals surface area (Å²) in [5, 5.41) is 9.92. The third-order valence-corrected chi connectivity index (χ3v) is 11.2. The molecule has 4 aromatic carbocycles. The molecule has 2 heterocycles. The molecule has 278 valence electrons. The van der Waals surface area contributed by atoms with E-state index < -0.39 is 15.9 Å². The molecule has 6 rings (SSSR count). The van der Waals surface area contributed by atoms with E-state index in [1.54, 1.807) is 24.3 Å². The standard InChI is InChI=1S/C41H48N6O5S/c1-5-40(49)46-27(3)25-35(33-11-7-9-13-37(33)46)42-29-15-17-31(18-16-29)44-39(48)23-24-53(51,52)45-32-21-19-30(20-22-32)43-36-26-28(4)47(41(50)6-2)38-14-10-8-12-34(36)38/h7-22,27-28,35-36,42-43,45H,5-6,23-26H2,1-4H3,(H,44,48)/t27-,28-,35+,36+/m0/s1. The van der Waals surface area contributed by atoms with Gasteiger partial charge in [-0.1, -0.05) is 50.2 Å². The fourth-order valence-corrected chi connectivity index (χ4v) is 8.42. The molecule has 12 heteroatoms. The SMILES string of the molecule is CCC(=O)N1c2ccccc2[C@H](Nc2ccc(NC(=O)CCS(=O)(=O)Nc3ccc(N[C@@H]4C[C@H](C)N(C(=O)CC)c5ccccc54)cc3)cc2)C[C@@H]1C. The molecule has 0 saturated carbocycles. The molecule has 4 N–H and O–H groups in total. The second kappa shape index (κ2) is 16.1. The second-order valence-corrected chi connectivity index (χ2v) is 15.6. The van der Waals surface area contributed by atoms with Crippen molar-refractivity contribution in [2.24, 2.45) is 0 Å². The van der Waals surface area contributed by atoms with Crippen LogP contribution in [0.15, 0.2) is 97.1 Å². The fourth-order valence-electron chi connectivity index (χ4n) is 7.37. The lowest BCUT2D eigenvalue weighted by atomic mass is 9.91. The summed E-state index contributed by atoms with van der Waals surface area (Å²) in [6.45, 7) is 7.86. The zero-order chi connectivity index (χ0) is 37.7. The minimum Gasteiger partial charge on any atom is -0.378 e. The van der Waals surface area contributed by atoms with Crippen LogP contribution in [0.1, 0.15) is 83.0 Å². The van der Waals surface area contributed by atoms with Gasteiger partial charge in [0.2, 0.25) is 27.7 Å². The van der Waals surface area contributed by atoms with Crippen LogP contribution in [0.4, 0.5) is 34.1 Å². The quantitative estimate of drug-likeness (QED) is 0.116. The van der Waals surface area contributed by atoms with Crippen molar-refractivity contribution in [3.63, 3.8) is 0 Å². The summed E-state index contributed by atoms with van der Waals surface area (Å²) in [5.74, 6) is -0.589. The third-order valence-electron chi connectivity index (χ3n) is 9.93. The summed E-state index contributed by atoms with van der Waals surface area (Å²) in [5.41, 5.74) is 6.59. The summed E-state index contributed by atoms with van der Waals surface area (Å²) in [6.07, 6.45) is 2.15. The second-order valence-electron chi connectivity index (χ2n) is 13.8. The average molecular weight is 737 g/mol. The lowest BCUT2D eigenvalue weighted by molar-refractivity contribution is -0.119. The summed E-state index contributed by atoms with van der Waals surface area (Å²) in [6, 6.07) is 30.2.